The SMILES string of the molecule is Cc1c(F)cnc(N)c1N. The highest BCUT2D eigenvalue weighted by Gasteiger charge is 2.03. The number of hydrogen-bond acceptors (Lipinski definition) is 3. The summed E-state index contributed by atoms with van der Waals surface area (Å²) in [7, 11) is 0. The molecule has 0 aliphatic rings. The first-order valence-corrected chi connectivity index (χ1v) is 2.79. The van der Waals surface area contributed by atoms with E-state index in [-0.39, 0.29) is 11.5 Å². The summed E-state index contributed by atoms with van der Waals surface area (Å²) in [5.74, 6) is -0.245. The summed E-state index contributed by atoms with van der Waals surface area (Å²) in [5.41, 5.74) is 11.2. The van der Waals surface area contributed by atoms with Crippen LogP contribution < -0.4 is 11.5 Å². The van der Waals surface area contributed by atoms with E-state index >= 15 is 0 Å². The molecule has 0 aliphatic carbocycles. The van der Waals surface area contributed by atoms with E-state index in [0.29, 0.717) is 5.56 Å². The van der Waals surface area contributed by atoms with Crippen molar-refractivity contribution in [2.24, 2.45) is 0 Å². The molecule has 4 N–H and O–H groups in total. The minimum atomic E-state index is -0.424. The minimum absolute atomic E-state index is 0.180. The standard InChI is InChI=1S/C6H8FN3/c1-3-4(7)2-10-6(9)5(3)8/h2H,8H2,1H3,(H2,9,10). The number of hydrogen-bond donors (Lipinski definition) is 2. The first-order valence-electron chi connectivity index (χ1n) is 2.79. The monoisotopic (exact) mass is 141 g/mol. The Hall–Kier alpha value is -1.32. The molecule has 1 aromatic heterocycles. The number of nitrogen functional groups attached to an aromatic ring is 2. The van der Waals surface area contributed by atoms with Gasteiger partial charge >= 0.3 is 0 Å². The Morgan fingerprint density at radius 2 is 2.10 bits per heavy atom. The van der Waals surface area contributed by atoms with Gasteiger partial charge in [-0.25, -0.2) is 9.37 Å². The van der Waals surface area contributed by atoms with Gasteiger partial charge in [0.15, 0.2) is 0 Å². The van der Waals surface area contributed by atoms with Gasteiger partial charge in [-0.2, -0.15) is 0 Å². The van der Waals surface area contributed by atoms with Crippen LogP contribution in [0.1, 0.15) is 5.56 Å². The molecule has 54 valence electrons. The molecule has 0 saturated carbocycles. The fraction of sp³-hybridized carbons (Fsp3) is 0.167. The Morgan fingerprint density at radius 3 is 2.60 bits per heavy atom. The van der Waals surface area contributed by atoms with Crippen LogP contribution in [0.25, 0.3) is 0 Å². The molecule has 1 aromatic rings. The molecule has 0 spiro atoms. The highest BCUT2D eigenvalue weighted by Crippen LogP contribution is 2.18. The van der Waals surface area contributed by atoms with Crippen LogP contribution >= 0.6 is 0 Å². The topological polar surface area (TPSA) is 64.9 Å². The van der Waals surface area contributed by atoms with Crippen LogP contribution in [0, 0.1) is 12.7 Å². The smallest absolute Gasteiger partial charge is 0.147 e. The summed E-state index contributed by atoms with van der Waals surface area (Å²) in [4.78, 5) is 3.52. The molecule has 10 heavy (non-hydrogen) atoms. The maximum atomic E-state index is 12.6. The molecule has 3 nitrogen and oxygen atoms in total. The zero-order valence-electron chi connectivity index (χ0n) is 5.56. The van der Waals surface area contributed by atoms with Gasteiger partial charge in [0.05, 0.1) is 11.9 Å². The Bertz CT molecular complexity index is 232. The fourth-order valence-corrected chi connectivity index (χ4v) is 0.613. The first kappa shape index (κ1) is 6.80. The molecule has 1 heterocycles. The molecule has 0 aromatic carbocycles. The average molecular weight is 141 g/mol. The quantitative estimate of drug-likeness (QED) is 0.558. The Labute approximate surface area is 57.9 Å². The summed E-state index contributed by atoms with van der Waals surface area (Å²) < 4.78 is 12.6. The second-order valence-corrected chi connectivity index (χ2v) is 2.03. The van der Waals surface area contributed by atoms with Crippen LogP contribution in [-0.2, 0) is 0 Å². The molecule has 0 saturated heterocycles. The van der Waals surface area contributed by atoms with Crippen molar-refractivity contribution in [2.75, 3.05) is 11.5 Å². The van der Waals surface area contributed by atoms with E-state index in [2.05, 4.69) is 4.98 Å². The molecule has 4 heteroatoms. The third-order valence-electron chi connectivity index (χ3n) is 1.36. The summed E-state index contributed by atoms with van der Waals surface area (Å²) in [6.07, 6.45) is 1.06. The molecular weight excluding hydrogens is 133 g/mol. The van der Waals surface area contributed by atoms with Crippen molar-refractivity contribution in [2.45, 2.75) is 6.92 Å². The largest absolute Gasteiger partial charge is 0.395 e. The number of halogens is 1. The molecule has 0 aliphatic heterocycles. The summed E-state index contributed by atoms with van der Waals surface area (Å²) in [5, 5.41) is 0. The minimum Gasteiger partial charge on any atom is -0.395 e. The Kier molecular flexibility index (Phi) is 1.45. The molecular formula is C6H8FN3. The van der Waals surface area contributed by atoms with Crippen molar-refractivity contribution in [3.63, 3.8) is 0 Å². The van der Waals surface area contributed by atoms with E-state index in [1.165, 1.54) is 0 Å². The lowest BCUT2D eigenvalue weighted by atomic mass is 10.2. The van der Waals surface area contributed by atoms with E-state index in [1.54, 1.807) is 6.92 Å². The van der Waals surface area contributed by atoms with Gasteiger partial charge in [0.2, 0.25) is 0 Å². The number of anilines is 2. The van der Waals surface area contributed by atoms with Crippen LogP contribution in [0.2, 0.25) is 0 Å². The lowest BCUT2D eigenvalue weighted by Crippen LogP contribution is -2.01. The molecule has 0 bridgehead atoms. The second-order valence-electron chi connectivity index (χ2n) is 2.03. The third-order valence-corrected chi connectivity index (χ3v) is 1.36. The van der Waals surface area contributed by atoms with Gasteiger partial charge in [-0.3, -0.25) is 0 Å². The molecule has 0 atom stereocenters. The third kappa shape index (κ3) is 0.877. The van der Waals surface area contributed by atoms with Gasteiger partial charge in [-0.15, -0.1) is 0 Å². The van der Waals surface area contributed by atoms with E-state index in [4.69, 9.17) is 11.5 Å². The van der Waals surface area contributed by atoms with Crippen molar-refractivity contribution < 1.29 is 4.39 Å². The maximum Gasteiger partial charge on any atom is 0.147 e. The van der Waals surface area contributed by atoms with Crippen molar-refractivity contribution in [3.8, 4) is 0 Å². The maximum absolute atomic E-state index is 12.6. The molecule has 0 unspecified atom stereocenters. The van der Waals surface area contributed by atoms with Gasteiger partial charge in [0, 0.05) is 5.56 Å². The molecule has 0 amide bonds. The van der Waals surface area contributed by atoms with Gasteiger partial charge in [-0.1, -0.05) is 0 Å². The zero-order valence-corrected chi connectivity index (χ0v) is 5.56. The molecule has 1 rings (SSSR count). The summed E-state index contributed by atoms with van der Waals surface area (Å²) >= 11 is 0. The number of nitrogens with zero attached hydrogens (tertiary/aromatic N) is 1. The lowest BCUT2D eigenvalue weighted by Gasteiger charge is -2.01. The number of rotatable bonds is 0. The predicted octanol–water partition coefficient (Wildman–Crippen LogP) is 0.694. The van der Waals surface area contributed by atoms with E-state index in [1.807, 2.05) is 0 Å². The number of nitrogens with two attached hydrogens (primary N) is 2. The van der Waals surface area contributed by atoms with E-state index < -0.39 is 5.82 Å². The normalized spacial score (nSPS) is 9.80. The fourth-order valence-electron chi connectivity index (χ4n) is 0.613. The Morgan fingerprint density at radius 1 is 1.50 bits per heavy atom. The van der Waals surface area contributed by atoms with Gasteiger partial charge in [0.25, 0.3) is 0 Å². The van der Waals surface area contributed by atoms with Crippen LogP contribution in [0.3, 0.4) is 0 Å². The lowest BCUT2D eigenvalue weighted by molar-refractivity contribution is 0.613. The van der Waals surface area contributed by atoms with Crippen LogP contribution in [0.15, 0.2) is 6.20 Å². The summed E-state index contributed by atoms with van der Waals surface area (Å²) in [6.45, 7) is 1.56. The molecule has 0 radical (unpaired) electrons. The van der Waals surface area contributed by atoms with Crippen LogP contribution in [0.5, 0.6) is 0 Å². The average Bonchev–Trinajstić information content (AvgIpc) is 1.93. The Balaban J connectivity index is 3.34. The molecule has 0 fully saturated rings. The predicted molar refractivity (Wildman–Crippen MR) is 37.8 cm³/mol. The zero-order chi connectivity index (χ0) is 7.72. The van der Waals surface area contributed by atoms with Crippen molar-refractivity contribution in [3.05, 3.63) is 17.6 Å². The summed E-state index contributed by atoms with van der Waals surface area (Å²) in [6, 6.07) is 0. The van der Waals surface area contributed by atoms with Crippen molar-refractivity contribution in [1.29, 1.82) is 0 Å². The van der Waals surface area contributed by atoms with E-state index in [0.717, 1.165) is 6.20 Å². The van der Waals surface area contributed by atoms with E-state index in [9.17, 15) is 4.39 Å². The van der Waals surface area contributed by atoms with Crippen LogP contribution in [-0.4, -0.2) is 4.98 Å². The highest BCUT2D eigenvalue weighted by atomic mass is 19.1. The van der Waals surface area contributed by atoms with Crippen molar-refractivity contribution >= 4 is 11.5 Å². The highest BCUT2D eigenvalue weighted by molar-refractivity contribution is 5.62. The first-order chi connectivity index (χ1) is 4.63. The van der Waals surface area contributed by atoms with Gasteiger partial charge in [-0.05, 0) is 6.92 Å². The van der Waals surface area contributed by atoms with Crippen molar-refractivity contribution in [1.82, 2.24) is 4.98 Å². The van der Waals surface area contributed by atoms with Gasteiger partial charge < -0.3 is 11.5 Å². The van der Waals surface area contributed by atoms with Crippen LogP contribution in [0.4, 0.5) is 15.9 Å². The number of pyridine rings is 1. The second kappa shape index (κ2) is 2.13. The van der Waals surface area contributed by atoms with Gasteiger partial charge in [0.1, 0.15) is 11.6 Å². The number of aromatic nitrogens is 1.